The molecule has 0 bridgehead atoms. The lowest BCUT2D eigenvalue weighted by molar-refractivity contribution is 0.0909. The monoisotopic (exact) mass is 261 g/mol. The van der Waals surface area contributed by atoms with E-state index in [1.807, 2.05) is 18.2 Å². The molecule has 0 spiro atoms. The Balaban J connectivity index is 2.11. The molecule has 0 aliphatic carbocycles. The topological polar surface area (TPSA) is 53.2 Å². The van der Waals surface area contributed by atoms with Crippen molar-refractivity contribution in [3.63, 3.8) is 0 Å². The van der Waals surface area contributed by atoms with E-state index in [-0.39, 0.29) is 11.4 Å². The van der Waals surface area contributed by atoms with Gasteiger partial charge in [-0.25, -0.2) is 0 Å². The van der Waals surface area contributed by atoms with Crippen molar-refractivity contribution in [2.24, 2.45) is 0 Å². The molecular weight excluding hydrogens is 238 g/mol. The minimum atomic E-state index is -0.159. The molecular formula is C15H23N3O. The van der Waals surface area contributed by atoms with Crippen LogP contribution in [0.25, 0.3) is 0 Å². The van der Waals surface area contributed by atoms with Crippen LogP contribution in [0.3, 0.4) is 0 Å². The van der Waals surface area contributed by atoms with Gasteiger partial charge in [-0.05, 0) is 38.5 Å². The number of rotatable bonds is 4. The first-order valence-electron chi connectivity index (χ1n) is 6.96. The fraction of sp³-hybridized carbons (Fsp3) is 0.533. The quantitative estimate of drug-likeness (QED) is 0.781. The Morgan fingerprint density at radius 3 is 2.63 bits per heavy atom. The van der Waals surface area contributed by atoms with E-state index in [1.165, 1.54) is 0 Å². The molecule has 104 valence electrons. The number of hydrogen-bond donors (Lipinski definition) is 3. The third-order valence-corrected chi connectivity index (χ3v) is 3.36. The van der Waals surface area contributed by atoms with Crippen LogP contribution in [-0.2, 0) is 0 Å². The van der Waals surface area contributed by atoms with Crippen LogP contribution in [0, 0.1) is 0 Å². The van der Waals surface area contributed by atoms with Crippen LogP contribution in [0.1, 0.15) is 44.0 Å². The summed E-state index contributed by atoms with van der Waals surface area (Å²) in [4.78, 5) is 12.3. The van der Waals surface area contributed by atoms with Crippen molar-refractivity contribution < 1.29 is 4.79 Å². The molecule has 0 fully saturated rings. The molecule has 4 nitrogen and oxygen atoms in total. The highest BCUT2D eigenvalue weighted by Gasteiger charge is 2.20. The van der Waals surface area contributed by atoms with Crippen LogP contribution < -0.4 is 16.0 Å². The minimum Gasteiger partial charge on any atom is -0.382 e. The first-order valence-corrected chi connectivity index (χ1v) is 6.96. The summed E-state index contributed by atoms with van der Waals surface area (Å²) < 4.78 is 0. The Morgan fingerprint density at radius 2 is 1.95 bits per heavy atom. The summed E-state index contributed by atoms with van der Waals surface area (Å²) in [6, 6.07) is 5.75. The Morgan fingerprint density at radius 1 is 1.26 bits per heavy atom. The Bertz CT molecular complexity index is 468. The molecule has 0 atom stereocenters. The SMILES string of the molecule is CCCC(C)(C)NC(=O)c1ccc2c(c1)NCCN2. The molecule has 2 rings (SSSR count). The summed E-state index contributed by atoms with van der Waals surface area (Å²) in [7, 11) is 0. The highest BCUT2D eigenvalue weighted by atomic mass is 16.1. The summed E-state index contributed by atoms with van der Waals surface area (Å²) in [6.45, 7) is 8.06. The minimum absolute atomic E-state index is 0.00590. The van der Waals surface area contributed by atoms with Gasteiger partial charge in [0.1, 0.15) is 0 Å². The van der Waals surface area contributed by atoms with Gasteiger partial charge < -0.3 is 16.0 Å². The molecule has 1 aromatic rings. The summed E-state index contributed by atoms with van der Waals surface area (Å²) in [5.74, 6) is -0.00590. The van der Waals surface area contributed by atoms with Crippen molar-refractivity contribution in [2.75, 3.05) is 23.7 Å². The zero-order valence-electron chi connectivity index (χ0n) is 12.0. The second-order valence-electron chi connectivity index (χ2n) is 5.70. The number of benzene rings is 1. The van der Waals surface area contributed by atoms with Gasteiger partial charge in [-0.2, -0.15) is 0 Å². The van der Waals surface area contributed by atoms with Gasteiger partial charge in [-0.1, -0.05) is 13.3 Å². The molecule has 0 saturated heterocycles. The van der Waals surface area contributed by atoms with Gasteiger partial charge in [0.25, 0.3) is 5.91 Å². The van der Waals surface area contributed by atoms with Crippen molar-refractivity contribution in [3.05, 3.63) is 23.8 Å². The van der Waals surface area contributed by atoms with Gasteiger partial charge in [0.2, 0.25) is 0 Å². The summed E-state index contributed by atoms with van der Waals surface area (Å²) in [5, 5.41) is 9.70. The zero-order chi connectivity index (χ0) is 13.9. The fourth-order valence-corrected chi connectivity index (χ4v) is 2.45. The first kappa shape index (κ1) is 13.7. The molecule has 19 heavy (non-hydrogen) atoms. The molecule has 0 saturated carbocycles. The Labute approximate surface area is 115 Å². The van der Waals surface area contributed by atoms with Gasteiger partial charge in [0.05, 0.1) is 11.4 Å². The highest BCUT2D eigenvalue weighted by molar-refractivity contribution is 5.96. The number of anilines is 2. The van der Waals surface area contributed by atoms with Crippen molar-refractivity contribution >= 4 is 17.3 Å². The largest absolute Gasteiger partial charge is 0.382 e. The summed E-state index contributed by atoms with van der Waals surface area (Å²) >= 11 is 0. The molecule has 1 amide bonds. The van der Waals surface area contributed by atoms with E-state index in [2.05, 4.69) is 36.7 Å². The van der Waals surface area contributed by atoms with Crippen LogP contribution in [0.2, 0.25) is 0 Å². The van der Waals surface area contributed by atoms with E-state index >= 15 is 0 Å². The van der Waals surface area contributed by atoms with Gasteiger partial charge in [-0.3, -0.25) is 4.79 Å². The van der Waals surface area contributed by atoms with E-state index in [0.717, 1.165) is 37.3 Å². The normalized spacial score (nSPS) is 14.1. The van der Waals surface area contributed by atoms with Crippen LogP contribution in [0.5, 0.6) is 0 Å². The number of hydrogen-bond acceptors (Lipinski definition) is 3. The Hall–Kier alpha value is -1.71. The molecule has 0 radical (unpaired) electrons. The summed E-state index contributed by atoms with van der Waals surface area (Å²) in [6.07, 6.45) is 2.03. The number of carbonyl (C=O) groups excluding carboxylic acids is 1. The van der Waals surface area contributed by atoms with Gasteiger partial charge in [0, 0.05) is 24.2 Å². The van der Waals surface area contributed by atoms with Crippen LogP contribution in [0.4, 0.5) is 11.4 Å². The third kappa shape index (κ3) is 3.40. The standard InChI is InChI=1S/C15H23N3O/c1-4-7-15(2,3)18-14(19)11-5-6-12-13(10-11)17-9-8-16-12/h5-6,10,16-17H,4,7-9H2,1-3H3,(H,18,19). The van der Waals surface area contributed by atoms with E-state index in [9.17, 15) is 4.79 Å². The number of carbonyl (C=O) groups is 1. The smallest absolute Gasteiger partial charge is 0.251 e. The van der Waals surface area contributed by atoms with Gasteiger partial charge in [-0.15, -0.1) is 0 Å². The molecule has 0 aromatic heterocycles. The third-order valence-electron chi connectivity index (χ3n) is 3.36. The lowest BCUT2D eigenvalue weighted by Gasteiger charge is -2.26. The van der Waals surface area contributed by atoms with E-state index < -0.39 is 0 Å². The lowest BCUT2D eigenvalue weighted by Crippen LogP contribution is -2.43. The maximum absolute atomic E-state index is 12.3. The molecule has 1 heterocycles. The molecule has 3 N–H and O–H groups in total. The summed E-state index contributed by atoms with van der Waals surface area (Å²) in [5.41, 5.74) is 2.62. The van der Waals surface area contributed by atoms with Crippen molar-refractivity contribution in [3.8, 4) is 0 Å². The second-order valence-corrected chi connectivity index (χ2v) is 5.70. The van der Waals surface area contributed by atoms with Gasteiger partial charge in [0.15, 0.2) is 0 Å². The van der Waals surface area contributed by atoms with Crippen LogP contribution in [0.15, 0.2) is 18.2 Å². The van der Waals surface area contributed by atoms with Crippen LogP contribution >= 0.6 is 0 Å². The fourth-order valence-electron chi connectivity index (χ4n) is 2.45. The first-order chi connectivity index (χ1) is 9.02. The molecule has 1 aromatic carbocycles. The zero-order valence-corrected chi connectivity index (χ0v) is 12.0. The van der Waals surface area contributed by atoms with E-state index in [0.29, 0.717) is 5.56 Å². The number of amides is 1. The molecule has 0 unspecified atom stereocenters. The van der Waals surface area contributed by atoms with Crippen molar-refractivity contribution in [1.82, 2.24) is 5.32 Å². The average Bonchev–Trinajstić information content (AvgIpc) is 2.37. The molecule has 1 aliphatic rings. The van der Waals surface area contributed by atoms with Gasteiger partial charge >= 0.3 is 0 Å². The maximum atomic E-state index is 12.3. The van der Waals surface area contributed by atoms with Crippen molar-refractivity contribution in [1.29, 1.82) is 0 Å². The second kappa shape index (κ2) is 5.51. The molecule has 4 heteroatoms. The predicted octanol–water partition coefficient (Wildman–Crippen LogP) is 2.83. The van der Waals surface area contributed by atoms with E-state index in [1.54, 1.807) is 0 Å². The Kier molecular flexibility index (Phi) is 3.98. The number of nitrogens with one attached hydrogen (secondary N) is 3. The molecule has 1 aliphatic heterocycles. The lowest BCUT2D eigenvalue weighted by atomic mass is 9.98. The number of fused-ring (bicyclic) bond motifs is 1. The highest BCUT2D eigenvalue weighted by Crippen LogP contribution is 2.25. The average molecular weight is 261 g/mol. The predicted molar refractivity (Wildman–Crippen MR) is 79.9 cm³/mol. The maximum Gasteiger partial charge on any atom is 0.251 e. The van der Waals surface area contributed by atoms with E-state index in [4.69, 9.17) is 0 Å². The van der Waals surface area contributed by atoms with Crippen LogP contribution in [-0.4, -0.2) is 24.5 Å². The van der Waals surface area contributed by atoms with Crippen molar-refractivity contribution in [2.45, 2.75) is 39.2 Å².